The minimum atomic E-state index is -1.63. The molecular formula is C9H7BrO5. The van der Waals surface area contributed by atoms with Crippen LogP contribution in [0.1, 0.15) is 10.4 Å². The van der Waals surface area contributed by atoms with Gasteiger partial charge in [-0.05, 0) is 28.1 Å². The molecule has 1 rings (SSSR count). The predicted octanol–water partition coefficient (Wildman–Crippen LogP) is 1.43. The van der Waals surface area contributed by atoms with Crippen LogP contribution in [0.25, 0.3) is 0 Å². The van der Waals surface area contributed by atoms with E-state index in [0.29, 0.717) is 0 Å². The average Bonchev–Trinajstić information content (AvgIpc) is 2.20. The van der Waals surface area contributed by atoms with E-state index in [-0.39, 0.29) is 15.8 Å². The summed E-state index contributed by atoms with van der Waals surface area (Å²) in [5.74, 6) is -2.95. The Morgan fingerprint density at radius 1 is 1.40 bits per heavy atom. The second kappa shape index (κ2) is 4.31. The Labute approximate surface area is 93.4 Å². The van der Waals surface area contributed by atoms with Crippen molar-refractivity contribution in [2.24, 2.45) is 0 Å². The topological polar surface area (TPSA) is 83.8 Å². The molecule has 0 aliphatic carbocycles. The molecule has 0 heterocycles. The lowest BCUT2D eigenvalue weighted by atomic mass is 10.1. The number of carboxylic acid groups (broad SMARTS) is 1. The zero-order valence-electron chi connectivity index (χ0n) is 7.65. The lowest BCUT2D eigenvalue weighted by Crippen LogP contribution is -2.13. The van der Waals surface area contributed by atoms with Gasteiger partial charge >= 0.3 is 5.97 Å². The van der Waals surface area contributed by atoms with E-state index in [2.05, 4.69) is 15.9 Å². The minimum Gasteiger partial charge on any atom is -0.506 e. The number of benzene rings is 1. The van der Waals surface area contributed by atoms with Gasteiger partial charge < -0.3 is 14.9 Å². The second-order valence-electron chi connectivity index (χ2n) is 2.64. The summed E-state index contributed by atoms with van der Waals surface area (Å²) in [6.45, 7) is 0. The fraction of sp³-hybridized carbons (Fsp3) is 0.111. The SMILES string of the molecule is COc1cc(Br)c(O)c(C(=O)C(=O)O)c1. The molecule has 0 spiro atoms. The van der Waals surface area contributed by atoms with Crippen molar-refractivity contribution in [3.63, 3.8) is 0 Å². The molecular weight excluding hydrogens is 268 g/mol. The molecule has 2 N–H and O–H groups in total. The normalized spacial score (nSPS) is 9.73. The summed E-state index contributed by atoms with van der Waals surface area (Å²) >= 11 is 2.98. The molecule has 0 unspecified atom stereocenters. The van der Waals surface area contributed by atoms with Gasteiger partial charge in [0.25, 0.3) is 5.78 Å². The maximum Gasteiger partial charge on any atom is 0.377 e. The lowest BCUT2D eigenvalue weighted by Gasteiger charge is -2.06. The molecule has 0 saturated carbocycles. The quantitative estimate of drug-likeness (QED) is 0.644. The van der Waals surface area contributed by atoms with Crippen LogP contribution in [-0.4, -0.2) is 29.1 Å². The Morgan fingerprint density at radius 2 is 2.00 bits per heavy atom. The maximum atomic E-state index is 11.1. The van der Waals surface area contributed by atoms with E-state index < -0.39 is 17.5 Å². The van der Waals surface area contributed by atoms with Gasteiger partial charge in [0.05, 0.1) is 17.1 Å². The highest BCUT2D eigenvalue weighted by Crippen LogP contribution is 2.32. The number of carboxylic acids is 1. The van der Waals surface area contributed by atoms with E-state index in [9.17, 15) is 14.7 Å². The molecule has 80 valence electrons. The van der Waals surface area contributed by atoms with Crippen molar-refractivity contribution in [2.45, 2.75) is 0 Å². The number of phenols is 1. The highest BCUT2D eigenvalue weighted by molar-refractivity contribution is 9.10. The van der Waals surface area contributed by atoms with Gasteiger partial charge in [0.15, 0.2) is 0 Å². The van der Waals surface area contributed by atoms with E-state index in [1.165, 1.54) is 13.2 Å². The molecule has 0 radical (unpaired) electrons. The van der Waals surface area contributed by atoms with Crippen molar-refractivity contribution in [1.82, 2.24) is 0 Å². The molecule has 0 aliphatic rings. The Kier molecular flexibility index (Phi) is 3.31. The number of phenolic OH excluding ortho intramolecular Hbond substituents is 1. The van der Waals surface area contributed by atoms with E-state index in [1.807, 2.05) is 0 Å². The predicted molar refractivity (Wildman–Crippen MR) is 54.3 cm³/mol. The lowest BCUT2D eigenvalue weighted by molar-refractivity contribution is -0.131. The van der Waals surface area contributed by atoms with Gasteiger partial charge in [-0.25, -0.2) is 4.79 Å². The van der Waals surface area contributed by atoms with Crippen molar-refractivity contribution in [2.75, 3.05) is 7.11 Å². The van der Waals surface area contributed by atoms with Crippen LogP contribution in [0.4, 0.5) is 0 Å². The molecule has 0 saturated heterocycles. The molecule has 0 bridgehead atoms. The van der Waals surface area contributed by atoms with Crippen LogP contribution in [0.2, 0.25) is 0 Å². The van der Waals surface area contributed by atoms with Crippen LogP contribution in [-0.2, 0) is 4.79 Å². The number of carbonyl (C=O) groups is 2. The van der Waals surface area contributed by atoms with Crippen LogP contribution < -0.4 is 4.74 Å². The smallest absolute Gasteiger partial charge is 0.377 e. The molecule has 15 heavy (non-hydrogen) atoms. The summed E-state index contributed by atoms with van der Waals surface area (Å²) in [4.78, 5) is 21.6. The summed E-state index contributed by atoms with van der Waals surface area (Å²) in [7, 11) is 1.37. The summed E-state index contributed by atoms with van der Waals surface area (Å²) in [6.07, 6.45) is 0. The number of halogens is 1. The second-order valence-corrected chi connectivity index (χ2v) is 3.49. The number of methoxy groups -OCH3 is 1. The third-order valence-corrected chi connectivity index (χ3v) is 2.32. The average molecular weight is 275 g/mol. The van der Waals surface area contributed by atoms with Crippen LogP contribution in [0.5, 0.6) is 11.5 Å². The van der Waals surface area contributed by atoms with Crippen LogP contribution in [0.15, 0.2) is 16.6 Å². The summed E-state index contributed by atoms with van der Waals surface area (Å²) in [6, 6.07) is 2.59. The van der Waals surface area contributed by atoms with Crippen molar-refractivity contribution >= 4 is 27.7 Å². The third-order valence-electron chi connectivity index (χ3n) is 1.71. The number of ketones is 1. The monoisotopic (exact) mass is 274 g/mol. The zero-order valence-corrected chi connectivity index (χ0v) is 9.24. The number of rotatable bonds is 3. The third kappa shape index (κ3) is 2.27. The van der Waals surface area contributed by atoms with E-state index in [4.69, 9.17) is 9.84 Å². The van der Waals surface area contributed by atoms with Crippen molar-refractivity contribution < 1.29 is 24.5 Å². The molecule has 5 nitrogen and oxygen atoms in total. The van der Waals surface area contributed by atoms with Crippen LogP contribution >= 0.6 is 15.9 Å². The fourth-order valence-electron chi connectivity index (χ4n) is 0.980. The van der Waals surface area contributed by atoms with Crippen molar-refractivity contribution in [3.8, 4) is 11.5 Å². The highest BCUT2D eigenvalue weighted by Gasteiger charge is 2.21. The Morgan fingerprint density at radius 3 is 2.47 bits per heavy atom. The summed E-state index contributed by atoms with van der Waals surface area (Å²) in [5, 5.41) is 17.9. The molecule has 0 atom stereocenters. The Hall–Kier alpha value is -1.56. The highest BCUT2D eigenvalue weighted by atomic mass is 79.9. The number of aliphatic carboxylic acids is 1. The Bertz CT molecular complexity index is 427. The minimum absolute atomic E-state index is 0.200. The van der Waals surface area contributed by atoms with Crippen molar-refractivity contribution in [1.29, 1.82) is 0 Å². The molecule has 0 amide bonds. The number of ether oxygens (including phenoxy) is 1. The van der Waals surface area contributed by atoms with E-state index in [1.54, 1.807) is 0 Å². The largest absolute Gasteiger partial charge is 0.506 e. The number of aromatic hydroxyl groups is 1. The van der Waals surface area contributed by atoms with Gasteiger partial charge in [0.2, 0.25) is 0 Å². The number of Topliss-reactive ketones (excluding diaryl/α,β-unsaturated/α-hetero) is 1. The molecule has 1 aromatic rings. The van der Waals surface area contributed by atoms with Crippen LogP contribution in [0.3, 0.4) is 0 Å². The zero-order chi connectivity index (χ0) is 11.6. The fourth-order valence-corrected chi connectivity index (χ4v) is 1.42. The first-order valence-corrected chi connectivity index (χ1v) is 4.60. The number of carbonyl (C=O) groups excluding carboxylic acids is 1. The van der Waals surface area contributed by atoms with Gasteiger partial charge in [0, 0.05) is 0 Å². The van der Waals surface area contributed by atoms with Crippen molar-refractivity contribution in [3.05, 3.63) is 22.2 Å². The van der Waals surface area contributed by atoms with Gasteiger partial charge in [-0.1, -0.05) is 0 Å². The van der Waals surface area contributed by atoms with Gasteiger partial charge in [-0.2, -0.15) is 0 Å². The Balaban J connectivity index is 3.34. The standard InChI is InChI=1S/C9H7BrO5/c1-15-4-2-5(8(12)9(13)14)7(11)6(10)3-4/h2-3,11H,1H3,(H,13,14). The molecule has 0 aliphatic heterocycles. The first kappa shape index (κ1) is 11.5. The first-order valence-electron chi connectivity index (χ1n) is 3.81. The first-order chi connectivity index (χ1) is 6.97. The number of hydrogen-bond donors (Lipinski definition) is 2. The van der Waals surface area contributed by atoms with E-state index >= 15 is 0 Å². The maximum absolute atomic E-state index is 11.1. The summed E-state index contributed by atoms with van der Waals surface area (Å²) in [5.41, 5.74) is -0.311. The van der Waals surface area contributed by atoms with Gasteiger partial charge in [0.1, 0.15) is 11.5 Å². The molecule has 0 aromatic heterocycles. The van der Waals surface area contributed by atoms with Gasteiger partial charge in [-0.15, -0.1) is 0 Å². The van der Waals surface area contributed by atoms with Crippen LogP contribution in [0, 0.1) is 0 Å². The summed E-state index contributed by atoms with van der Waals surface area (Å²) < 4.78 is 5.03. The molecule has 1 aromatic carbocycles. The number of hydrogen-bond acceptors (Lipinski definition) is 4. The molecule has 6 heteroatoms. The van der Waals surface area contributed by atoms with E-state index in [0.717, 1.165) is 6.07 Å². The molecule has 0 fully saturated rings. The van der Waals surface area contributed by atoms with Gasteiger partial charge in [-0.3, -0.25) is 4.79 Å².